The van der Waals surface area contributed by atoms with E-state index in [2.05, 4.69) is 5.10 Å². The smallest absolute Gasteiger partial charge is 0.269 e. The maximum Gasteiger partial charge on any atom is 0.269 e. The number of aromatic nitrogens is 2. The van der Waals surface area contributed by atoms with Gasteiger partial charge >= 0.3 is 0 Å². The van der Waals surface area contributed by atoms with Gasteiger partial charge in [0.25, 0.3) is 5.91 Å². The molecule has 0 fully saturated rings. The van der Waals surface area contributed by atoms with E-state index in [1.165, 1.54) is 35.0 Å². The number of fused-ring (bicyclic) bond motifs is 1. The lowest BCUT2D eigenvalue weighted by Crippen LogP contribution is -2.13. The van der Waals surface area contributed by atoms with Gasteiger partial charge in [-0.05, 0) is 72.1 Å². The van der Waals surface area contributed by atoms with E-state index in [1.807, 2.05) is 6.07 Å². The molecule has 9 heteroatoms. The molecule has 0 spiro atoms. The van der Waals surface area contributed by atoms with Crippen molar-refractivity contribution in [1.29, 1.82) is 0 Å². The number of aryl methyl sites for hydroxylation is 1. The fourth-order valence-corrected chi connectivity index (χ4v) is 3.79. The Labute approximate surface area is 171 Å². The molecule has 0 aliphatic carbocycles. The number of amides is 1. The molecule has 152 valence electrons. The predicted octanol–water partition coefficient (Wildman–Crippen LogP) is 2.89. The van der Waals surface area contributed by atoms with Crippen LogP contribution in [0, 0.1) is 12.7 Å². The summed E-state index contributed by atoms with van der Waals surface area (Å²) in [5, 5.41) is 10.0. The molecule has 0 unspecified atom stereocenters. The van der Waals surface area contributed by atoms with Crippen molar-refractivity contribution in [2.24, 2.45) is 10.9 Å². The molecule has 4 rings (SSSR count). The minimum Gasteiger partial charge on any atom is -0.364 e. The number of rotatable bonds is 4. The first-order chi connectivity index (χ1) is 14.1. The van der Waals surface area contributed by atoms with Gasteiger partial charge < -0.3 is 5.73 Å². The number of nitrogens with zero attached hydrogens (tertiary/aromatic N) is 2. The van der Waals surface area contributed by atoms with Crippen molar-refractivity contribution in [3.05, 3.63) is 77.7 Å². The van der Waals surface area contributed by atoms with Crippen LogP contribution in [-0.2, 0) is 10.0 Å². The monoisotopic (exact) mass is 424 g/mol. The largest absolute Gasteiger partial charge is 0.364 e. The molecule has 0 bridgehead atoms. The molecule has 4 N–H and O–H groups in total. The van der Waals surface area contributed by atoms with E-state index in [1.54, 1.807) is 31.2 Å². The summed E-state index contributed by atoms with van der Waals surface area (Å²) >= 11 is 0. The van der Waals surface area contributed by atoms with Crippen LogP contribution < -0.4 is 10.9 Å². The maximum atomic E-state index is 13.6. The summed E-state index contributed by atoms with van der Waals surface area (Å²) in [7, 11) is -3.84. The standard InChI is InChI=1S/C21H17FN4O3S/c1-12-10-13(3-9-18(12)22)14-2-8-17-19(11-14)26(25-20(17)21(23)27)15-4-6-16(7-5-15)30(24,28)29/h2-11H,1H3,(H2,23,27)(H2,24,28,29). The molecular formula is C21H17FN4O3S. The normalized spacial score (nSPS) is 11.7. The first-order valence-electron chi connectivity index (χ1n) is 8.87. The van der Waals surface area contributed by atoms with E-state index in [9.17, 15) is 17.6 Å². The molecule has 0 saturated carbocycles. The van der Waals surface area contributed by atoms with E-state index in [4.69, 9.17) is 10.9 Å². The molecule has 1 aromatic heterocycles. The van der Waals surface area contributed by atoms with Crippen LogP contribution in [0.1, 0.15) is 16.1 Å². The average Bonchev–Trinajstić information content (AvgIpc) is 3.08. The molecule has 0 atom stereocenters. The second-order valence-corrected chi connectivity index (χ2v) is 8.42. The molecular weight excluding hydrogens is 407 g/mol. The molecule has 0 aliphatic rings. The van der Waals surface area contributed by atoms with Crippen molar-refractivity contribution in [2.45, 2.75) is 11.8 Å². The topological polar surface area (TPSA) is 121 Å². The Kier molecular flexibility index (Phi) is 4.64. The van der Waals surface area contributed by atoms with Crippen molar-refractivity contribution in [1.82, 2.24) is 9.78 Å². The Morgan fingerprint density at radius 1 is 1.00 bits per heavy atom. The fourth-order valence-electron chi connectivity index (χ4n) is 3.27. The van der Waals surface area contributed by atoms with Crippen LogP contribution in [0.2, 0.25) is 0 Å². The average molecular weight is 424 g/mol. The first-order valence-corrected chi connectivity index (χ1v) is 10.4. The van der Waals surface area contributed by atoms with Crippen LogP contribution in [0.5, 0.6) is 0 Å². The summed E-state index contributed by atoms with van der Waals surface area (Å²) in [6.45, 7) is 1.68. The Bertz CT molecular complexity index is 1410. The highest BCUT2D eigenvalue weighted by molar-refractivity contribution is 7.89. The van der Waals surface area contributed by atoms with Gasteiger partial charge in [0.2, 0.25) is 10.0 Å². The van der Waals surface area contributed by atoms with Crippen LogP contribution in [0.3, 0.4) is 0 Å². The van der Waals surface area contributed by atoms with Crippen LogP contribution >= 0.6 is 0 Å². The Hall–Kier alpha value is -3.56. The fraction of sp³-hybridized carbons (Fsp3) is 0.0476. The zero-order valence-corrected chi connectivity index (χ0v) is 16.7. The third-order valence-electron chi connectivity index (χ3n) is 4.82. The van der Waals surface area contributed by atoms with Crippen molar-refractivity contribution in [3.63, 3.8) is 0 Å². The van der Waals surface area contributed by atoms with E-state index in [0.717, 1.165) is 11.1 Å². The number of sulfonamides is 1. The highest BCUT2D eigenvalue weighted by atomic mass is 32.2. The van der Waals surface area contributed by atoms with Gasteiger partial charge in [0.1, 0.15) is 5.82 Å². The third-order valence-corrected chi connectivity index (χ3v) is 5.74. The van der Waals surface area contributed by atoms with Gasteiger partial charge in [-0.1, -0.05) is 12.1 Å². The van der Waals surface area contributed by atoms with Gasteiger partial charge in [-0.2, -0.15) is 5.10 Å². The minimum atomic E-state index is -3.84. The lowest BCUT2D eigenvalue weighted by Gasteiger charge is -2.07. The lowest BCUT2D eigenvalue weighted by molar-refractivity contribution is 0.0996. The van der Waals surface area contributed by atoms with E-state index >= 15 is 0 Å². The molecule has 0 saturated heterocycles. The van der Waals surface area contributed by atoms with Crippen molar-refractivity contribution in [3.8, 4) is 16.8 Å². The van der Waals surface area contributed by atoms with Crippen LogP contribution in [0.4, 0.5) is 4.39 Å². The number of nitrogens with two attached hydrogens (primary N) is 2. The molecule has 1 heterocycles. The molecule has 3 aromatic carbocycles. The predicted molar refractivity (Wildman–Crippen MR) is 111 cm³/mol. The van der Waals surface area contributed by atoms with Crippen LogP contribution in [0.15, 0.2) is 65.6 Å². The van der Waals surface area contributed by atoms with E-state index in [0.29, 0.717) is 22.2 Å². The number of carbonyl (C=O) groups is 1. The number of hydrogen-bond acceptors (Lipinski definition) is 4. The van der Waals surface area contributed by atoms with Gasteiger partial charge in [-0.25, -0.2) is 22.6 Å². The van der Waals surface area contributed by atoms with E-state index < -0.39 is 15.9 Å². The molecule has 30 heavy (non-hydrogen) atoms. The van der Waals surface area contributed by atoms with Crippen molar-refractivity contribution < 1.29 is 17.6 Å². The minimum absolute atomic E-state index is 0.0414. The molecule has 7 nitrogen and oxygen atoms in total. The summed E-state index contributed by atoms with van der Waals surface area (Å²) in [5.74, 6) is -0.985. The summed E-state index contributed by atoms with van der Waals surface area (Å²) in [6.07, 6.45) is 0. The molecule has 1 amide bonds. The van der Waals surface area contributed by atoms with Crippen molar-refractivity contribution in [2.75, 3.05) is 0 Å². The zero-order chi connectivity index (χ0) is 21.6. The van der Waals surface area contributed by atoms with Gasteiger partial charge in [-0.15, -0.1) is 0 Å². The molecule has 4 aromatic rings. The number of halogens is 1. The van der Waals surface area contributed by atoms with Gasteiger partial charge in [-0.3, -0.25) is 4.79 Å². The van der Waals surface area contributed by atoms with Gasteiger partial charge in [0, 0.05) is 5.39 Å². The lowest BCUT2D eigenvalue weighted by atomic mass is 10.0. The van der Waals surface area contributed by atoms with Crippen LogP contribution in [0.25, 0.3) is 27.7 Å². The van der Waals surface area contributed by atoms with Gasteiger partial charge in [0.05, 0.1) is 16.1 Å². The number of carbonyl (C=O) groups excluding carboxylic acids is 1. The molecule has 0 radical (unpaired) electrons. The zero-order valence-electron chi connectivity index (χ0n) is 15.8. The number of benzene rings is 3. The number of hydrogen-bond donors (Lipinski definition) is 2. The maximum absolute atomic E-state index is 13.6. The second kappa shape index (κ2) is 7.05. The van der Waals surface area contributed by atoms with Crippen LogP contribution in [-0.4, -0.2) is 24.1 Å². The highest BCUT2D eigenvalue weighted by Crippen LogP contribution is 2.29. The van der Waals surface area contributed by atoms with E-state index in [-0.39, 0.29) is 16.4 Å². The number of primary sulfonamides is 1. The highest BCUT2D eigenvalue weighted by Gasteiger charge is 2.17. The second-order valence-electron chi connectivity index (χ2n) is 6.86. The quantitative estimate of drug-likeness (QED) is 0.523. The van der Waals surface area contributed by atoms with Crippen molar-refractivity contribution >= 4 is 26.8 Å². The number of primary amides is 1. The third kappa shape index (κ3) is 3.44. The Morgan fingerprint density at radius 3 is 2.23 bits per heavy atom. The Balaban J connectivity index is 1.92. The summed E-state index contributed by atoms with van der Waals surface area (Å²) in [6, 6.07) is 15.9. The summed E-state index contributed by atoms with van der Waals surface area (Å²) < 4.78 is 38.2. The Morgan fingerprint density at radius 2 is 1.63 bits per heavy atom. The summed E-state index contributed by atoms with van der Waals surface area (Å²) in [5.41, 5.74) is 8.79. The SMILES string of the molecule is Cc1cc(-c2ccc3c(C(N)=O)nn(-c4ccc(S(N)(=O)=O)cc4)c3c2)ccc1F. The summed E-state index contributed by atoms with van der Waals surface area (Å²) in [4.78, 5) is 11.8. The first kappa shape index (κ1) is 19.7. The molecule has 0 aliphatic heterocycles. The van der Waals surface area contributed by atoms with Gasteiger partial charge in [0.15, 0.2) is 5.69 Å².